The molecule has 0 bridgehead atoms. The van der Waals surface area contributed by atoms with E-state index in [9.17, 15) is 9.59 Å². The van der Waals surface area contributed by atoms with Crippen LogP contribution in [0.5, 0.6) is 0 Å². The van der Waals surface area contributed by atoms with Crippen molar-refractivity contribution < 1.29 is 14.3 Å². The van der Waals surface area contributed by atoms with Gasteiger partial charge in [-0.15, -0.1) is 0 Å². The first-order valence-electron chi connectivity index (χ1n) is 7.38. The second-order valence-electron chi connectivity index (χ2n) is 5.21. The molecule has 19 heavy (non-hydrogen) atoms. The van der Waals surface area contributed by atoms with Gasteiger partial charge in [0.2, 0.25) is 0 Å². The molecule has 1 aliphatic rings. The molecule has 1 fully saturated rings. The molecule has 1 saturated carbocycles. The van der Waals surface area contributed by atoms with Gasteiger partial charge in [-0.3, -0.25) is 9.79 Å². The number of Topliss-reactive ketones (excluding diaryl/α,β-unsaturated/α-hetero) is 1. The van der Waals surface area contributed by atoms with Crippen LogP contribution < -0.4 is 0 Å². The Morgan fingerprint density at radius 3 is 2.63 bits per heavy atom. The van der Waals surface area contributed by atoms with Crippen molar-refractivity contribution in [2.45, 2.75) is 64.8 Å². The quantitative estimate of drug-likeness (QED) is 0.405. The van der Waals surface area contributed by atoms with E-state index >= 15 is 0 Å². The van der Waals surface area contributed by atoms with E-state index in [1.807, 2.05) is 6.92 Å². The molecular formula is C15H25NO3. The van der Waals surface area contributed by atoms with Crippen LogP contribution in [0.25, 0.3) is 0 Å². The maximum Gasteiger partial charge on any atom is 0.348 e. The molecule has 0 amide bonds. The molecule has 0 saturated heterocycles. The second-order valence-corrected chi connectivity index (χ2v) is 5.21. The molecule has 0 N–H and O–H groups in total. The number of carbonyl (C=O) groups is 2. The standard InChI is InChI=1S/C15H25NO3/c1-3-4-10-19-14(17)11-16-12(2)15(18)13-8-6-5-7-9-13/h11-13H,3-10H2,1-2H3/t12-/m0/s1. The van der Waals surface area contributed by atoms with E-state index in [-0.39, 0.29) is 11.7 Å². The molecule has 0 aromatic heterocycles. The minimum Gasteiger partial charge on any atom is -0.461 e. The van der Waals surface area contributed by atoms with Gasteiger partial charge in [-0.25, -0.2) is 4.79 Å². The SMILES string of the molecule is CCCCOC(=O)C=N[C@@H](C)C(=O)C1CCCCC1. The smallest absolute Gasteiger partial charge is 0.348 e. The number of rotatable bonds is 7. The van der Waals surface area contributed by atoms with Crippen molar-refractivity contribution in [1.82, 2.24) is 0 Å². The van der Waals surface area contributed by atoms with E-state index in [0.717, 1.165) is 44.7 Å². The lowest BCUT2D eigenvalue weighted by molar-refractivity contribution is -0.135. The minimum absolute atomic E-state index is 0.136. The average Bonchev–Trinajstić information content (AvgIpc) is 2.45. The summed E-state index contributed by atoms with van der Waals surface area (Å²) in [6.45, 7) is 4.21. The molecule has 4 heteroatoms. The Morgan fingerprint density at radius 2 is 2.00 bits per heavy atom. The number of unbranched alkanes of at least 4 members (excludes halogenated alkanes) is 1. The molecule has 0 spiro atoms. The Balaban J connectivity index is 2.33. The number of ether oxygens (including phenoxy) is 1. The number of hydrogen-bond acceptors (Lipinski definition) is 4. The molecule has 0 aromatic carbocycles. The molecule has 0 heterocycles. The molecule has 4 nitrogen and oxygen atoms in total. The highest BCUT2D eigenvalue weighted by Gasteiger charge is 2.24. The zero-order valence-electron chi connectivity index (χ0n) is 12.1. The first-order chi connectivity index (χ1) is 9.15. The molecule has 108 valence electrons. The third-order valence-corrected chi connectivity index (χ3v) is 3.57. The minimum atomic E-state index is -0.447. The summed E-state index contributed by atoms with van der Waals surface area (Å²) in [5, 5.41) is 0. The Hall–Kier alpha value is -1.19. The molecule has 1 aliphatic carbocycles. The van der Waals surface area contributed by atoms with Crippen LogP contribution >= 0.6 is 0 Å². The van der Waals surface area contributed by atoms with Crippen LogP contribution in [0.15, 0.2) is 4.99 Å². The van der Waals surface area contributed by atoms with Gasteiger partial charge in [0.05, 0.1) is 6.61 Å². The van der Waals surface area contributed by atoms with Gasteiger partial charge in [0.1, 0.15) is 12.3 Å². The van der Waals surface area contributed by atoms with Crippen molar-refractivity contribution >= 4 is 18.0 Å². The highest BCUT2D eigenvalue weighted by atomic mass is 16.5. The predicted octanol–water partition coefficient (Wildman–Crippen LogP) is 2.94. The fourth-order valence-corrected chi connectivity index (χ4v) is 2.33. The summed E-state index contributed by atoms with van der Waals surface area (Å²) in [4.78, 5) is 27.5. The summed E-state index contributed by atoms with van der Waals surface area (Å²) in [6.07, 6.45) is 8.43. The topological polar surface area (TPSA) is 55.7 Å². The molecular weight excluding hydrogens is 242 g/mol. The number of aliphatic imine (C=N–C) groups is 1. The largest absolute Gasteiger partial charge is 0.461 e. The van der Waals surface area contributed by atoms with Gasteiger partial charge in [-0.2, -0.15) is 0 Å². The monoisotopic (exact) mass is 267 g/mol. The van der Waals surface area contributed by atoms with E-state index in [1.165, 1.54) is 6.42 Å². The van der Waals surface area contributed by atoms with Crippen molar-refractivity contribution in [2.75, 3.05) is 6.61 Å². The second kappa shape index (κ2) is 8.83. The van der Waals surface area contributed by atoms with Crippen LogP contribution in [0.3, 0.4) is 0 Å². The summed E-state index contributed by atoms with van der Waals surface area (Å²) in [6, 6.07) is -0.429. The predicted molar refractivity (Wildman–Crippen MR) is 75.4 cm³/mol. The highest BCUT2D eigenvalue weighted by molar-refractivity contribution is 6.23. The van der Waals surface area contributed by atoms with Crippen LogP contribution in [-0.4, -0.2) is 30.6 Å². The van der Waals surface area contributed by atoms with Crippen LogP contribution in [0, 0.1) is 5.92 Å². The Bertz CT molecular complexity index is 319. The zero-order chi connectivity index (χ0) is 14.1. The third-order valence-electron chi connectivity index (χ3n) is 3.57. The Labute approximate surface area is 115 Å². The lowest BCUT2D eigenvalue weighted by atomic mass is 9.84. The number of ketones is 1. The third kappa shape index (κ3) is 5.99. The lowest BCUT2D eigenvalue weighted by Crippen LogP contribution is -2.26. The van der Waals surface area contributed by atoms with Crippen LogP contribution in [0.1, 0.15) is 58.8 Å². The normalized spacial score (nSPS) is 18.4. The molecule has 0 unspecified atom stereocenters. The maximum absolute atomic E-state index is 12.1. The summed E-state index contributed by atoms with van der Waals surface area (Å²) in [7, 11) is 0. The van der Waals surface area contributed by atoms with E-state index in [4.69, 9.17) is 4.74 Å². The molecule has 0 radical (unpaired) electrons. The number of hydrogen-bond donors (Lipinski definition) is 0. The first kappa shape index (κ1) is 15.9. The Morgan fingerprint density at radius 1 is 1.32 bits per heavy atom. The van der Waals surface area contributed by atoms with Gasteiger partial charge in [0, 0.05) is 5.92 Å². The van der Waals surface area contributed by atoms with Crippen molar-refractivity contribution in [3.63, 3.8) is 0 Å². The fraction of sp³-hybridized carbons (Fsp3) is 0.800. The van der Waals surface area contributed by atoms with Gasteiger partial charge >= 0.3 is 5.97 Å². The summed E-state index contributed by atoms with van der Waals surface area (Å²) >= 11 is 0. The van der Waals surface area contributed by atoms with Crippen LogP contribution in [0.4, 0.5) is 0 Å². The van der Waals surface area contributed by atoms with Crippen molar-refractivity contribution in [2.24, 2.45) is 10.9 Å². The molecule has 0 aliphatic heterocycles. The highest BCUT2D eigenvalue weighted by Crippen LogP contribution is 2.25. The molecule has 1 rings (SSSR count). The maximum atomic E-state index is 12.1. The fourth-order valence-electron chi connectivity index (χ4n) is 2.33. The van der Waals surface area contributed by atoms with Gasteiger partial charge in [-0.1, -0.05) is 32.6 Å². The van der Waals surface area contributed by atoms with E-state index in [0.29, 0.717) is 6.61 Å². The van der Waals surface area contributed by atoms with E-state index in [2.05, 4.69) is 4.99 Å². The average molecular weight is 267 g/mol. The van der Waals surface area contributed by atoms with Gasteiger partial charge in [0.25, 0.3) is 0 Å². The number of esters is 1. The summed E-state index contributed by atoms with van der Waals surface area (Å²) < 4.78 is 4.96. The van der Waals surface area contributed by atoms with E-state index in [1.54, 1.807) is 6.92 Å². The lowest BCUT2D eigenvalue weighted by Gasteiger charge is -2.21. The molecule has 1 atom stereocenters. The van der Waals surface area contributed by atoms with Gasteiger partial charge in [-0.05, 0) is 26.2 Å². The van der Waals surface area contributed by atoms with E-state index < -0.39 is 12.0 Å². The van der Waals surface area contributed by atoms with Crippen molar-refractivity contribution in [3.05, 3.63) is 0 Å². The zero-order valence-corrected chi connectivity index (χ0v) is 12.1. The van der Waals surface area contributed by atoms with Crippen LogP contribution in [0.2, 0.25) is 0 Å². The van der Waals surface area contributed by atoms with Gasteiger partial charge < -0.3 is 4.74 Å². The summed E-state index contributed by atoms with van der Waals surface area (Å²) in [5.74, 6) is -0.147. The molecule has 0 aromatic rings. The van der Waals surface area contributed by atoms with Crippen LogP contribution in [-0.2, 0) is 14.3 Å². The number of carbonyl (C=O) groups excluding carboxylic acids is 2. The first-order valence-corrected chi connectivity index (χ1v) is 7.38. The van der Waals surface area contributed by atoms with Gasteiger partial charge in [0.15, 0.2) is 5.78 Å². The Kier molecular flexibility index (Phi) is 7.38. The van der Waals surface area contributed by atoms with Crippen molar-refractivity contribution in [1.29, 1.82) is 0 Å². The van der Waals surface area contributed by atoms with Crippen molar-refractivity contribution in [3.8, 4) is 0 Å². The number of nitrogens with zero attached hydrogens (tertiary/aromatic N) is 1. The summed E-state index contributed by atoms with van der Waals surface area (Å²) in [5.41, 5.74) is 0.